The number of nitrogens with one attached hydrogen (secondary N) is 1. The Balaban J connectivity index is 1.37. The number of nitrogens with zero attached hydrogens (tertiary/aromatic N) is 2. The first-order valence-corrected chi connectivity index (χ1v) is 12.9. The second-order valence-electron chi connectivity index (χ2n) is 11.1. The normalized spacial score (nSPS) is 29.4. The minimum atomic E-state index is 0.586. The van der Waals surface area contributed by atoms with Crippen LogP contribution in [0, 0.1) is 5.41 Å². The van der Waals surface area contributed by atoms with Crippen molar-refractivity contribution < 1.29 is 0 Å². The van der Waals surface area contributed by atoms with E-state index < -0.39 is 0 Å². The third kappa shape index (κ3) is 4.10. The Kier molecular flexibility index (Phi) is 6.24. The summed E-state index contributed by atoms with van der Waals surface area (Å²) in [6.07, 6.45) is 12.9. The van der Waals surface area contributed by atoms with Crippen LogP contribution in [0.3, 0.4) is 0 Å². The highest BCUT2D eigenvalue weighted by Gasteiger charge is 2.49. The van der Waals surface area contributed by atoms with Gasteiger partial charge in [0.2, 0.25) is 0 Å². The molecule has 2 aliphatic carbocycles. The minimum Gasteiger partial charge on any atom is -0.317 e. The lowest BCUT2D eigenvalue weighted by Gasteiger charge is -2.58. The zero-order valence-electron chi connectivity index (χ0n) is 19.4. The largest absolute Gasteiger partial charge is 0.317 e. The number of benzene rings is 1. The van der Waals surface area contributed by atoms with E-state index in [1.165, 1.54) is 90.5 Å². The summed E-state index contributed by atoms with van der Waals surface area (Å²) >= 11 is 0. The monoisotopic (exact) mass is 409 g/mol. The smallest absolute Gasteiger partial charge is 0.0481 e. The van der Waals surface area contributed by atoms with Gasteiger partial charge in [-0.3, -0.25) is 9.80 Å². The van der Waals surface area contributed by atoms with Gasteiger partial charge in [0.25, 0.3) is 0 Å². The van der Waals surface area contributed by atoms with E-state index in [0.29, 0.717) is 17.4 Å². The van der Waals surface area contributed by atoms with Crippen molar-refractivity contribution in [2.75, 3.05) is 32.7 Å². The van der Waals surface area contributed by atoms with Crippen molar-refractivity contribution in [3.8, 4) is 0 Å². The third-order valence-corrected chi connectivity index (χ3v) is 8.99. The maximum absolute atomic E-state index is 3.58. The first-order chi connectivity index (χ1) is 14.7. The molecule has 1 aromatic carbocycles. The standard InChI is InChI=1S/C27H43N3/c1-21(2)24-10-6-7-11-25(24)26-20-29(22-8-4-3-5-9-22)16-17-30(26)23-18-27(19-23)12-14-28-15-13-27/h6-7,10-11,21-23,26,28H,3-5,8-9,12-20H2,1-2H3. The van der Waals surface area contributed by atoms with Crippen molar-refractivity contribution in [2.45, 2.75) is 95.7 Å². The SMILES string of the molecule is CC(C)c1ccccc1C1CN(C2CCCCC2)CCN1C1CC2(CCNCC2)C1. The summed E-state index contributed by atoms with van der Waals surface area (Å²) in [4.78, 5) is 5.84. The van der Waals surface area contributed by atoms with E-state index in [9.17, 15) is 0 Å². The second-order valence-corrected chi connectivity index (χ2v) is 11.1. The number of piperazine rings is 1. The van der Waals surface area contributed by atoms with Crippen molar-refractivity contribution >= 4 is 0 Å². The van der Waals surface area contributed by atoms with Gasteiger partial charge in [0, 0.05) is 37.8 Å². The van der Waals surface area contributed by atoms with Crippen LogP contribution < -0.4 is 5.32 Å². The fraction of sp³-hybridized carbons (Fsp3) is 0.778. The molecule has 4 aliphatic rings. The van der Waals surface area contributed by atoms with Crippen LogP contribution >= 0.6 is 0 Å². The molecule has 1 N–H and O–H groups in total. The van der Waals surface area contributed by atoms with Gasteiger partial charge < -0.3 is 5.32 Å². The Morgan fingerprint density at radius 3 is 2.40 bits per heavy atom. The van der Waals surface area contributed by atoms with Crippen LogP contribution in [-0.4, -0.2) is 54.6 Å². The molecule has 0 amide bonds. The van der Waals surface area contributed by atoms with Crippen LogP contribution in [0.4, 0.5) is 0 Å². The Hall–Kier alpha value is -0.900. The van der Waals surface area contributed by atoms with Gasteiger partial charge in [-0.05, 0) is 74.1 Å². The Labute approximate surface area is 184 Å². The molecule has 2 saturated heterocycles. The zero-order chi connectivity index (χ0) is 20.6. The van der Waals surface area contributed by atoms with Crippen LogP contribution in [0.25, 0.3) is 0 Å². The summed E-state index contributed by atoms with van der Waals surface area (Å²) in [7, 11) is 0. The summed E-state index contributed by atoms with van der Waals surface area (Å²) in [5, 5.41) is 3.58. The van der Waals surface area contributed by atoms with E-state index in [4.69, 9.17) is 0 Å². The van der Waals surface area contributed by atoms with Gasteiger partial charge in [0.1, 0.15) is 0 Å². The van der Waals surface area contributed by atoms with Gasteiger partial charge in [-0.15, -0.1) is 0 Å². The first-order valence-electron chi connectivity index (χ1n) is 12.9. The molecule has 30 heavy (non-hydrogen) atoms. The molecule has 0 aromatic heterocycles. The molecule has 2 saturated carbocycles. The lowest BCUT2D eigenvalue weighted by atomic mass is 9.60. The molecule has 3 nitrogen and oxygen atoms in total. The minimum absolute atomic E-state index is 0.586. The van der Waals surface area contributed by atoms with Crippen molar-refractivity contribution in [3.63, 3.8) is 0 Å². The van der Waals surface area contributed by atoms with Crippen molar-refractivity contribution in [1.29, 1.82) is 0 Å². The number of rotatable bonds is 4. The summed E-state index contributed by atoms with van der Waals surface area (Å²) < 4.78 is 0. The highest BCUT2D eigenvalue weighted by Crippen LogP contribution is 2.52. The topological polar surface area (TPSA) is 18.5 Å². The Morgan fingerprint density at radius 2 is 1.67 bits per heavy atom. The molecule has 1 unspecified atom stereocenters. The second kappa shape index (κ2) is 8.92. The molecule has 0 bridgehead atoms. The Morgan fingerprint density at radius 1 is 0.933 bits per heavy atom. The molecule has 4 fully saturated rings. The first kappa shape index (κ1) is 21.0. The van der Waals surface area contributed by atoms with Crippen LogP contribution in [0.5, 0.6) is 0 Å². The molecule has 3 heteroatoms. The summed E-state index contributed by atoms with van der Waals surface area (Å²) in [5.74, 6) is 0.602. The van der Waals surface area contributed by atoms with Crippen LogP contribution in [0.2, 0.25) is 0 Å². The maximum atomic E-state index is 3.58. The molecule has 5 rings (SSSR count). The van der Waals surface area contributed by atoms with Crippen molar-refractivity contribution in [2.24, 2.45) is 5.41 Å². The van der Waals surface area contributed by atoms with Gasteiger partial charge in [-0.2, -0.15) is 0 Å². The van der Waals surface area contributed by atoms with E-state index in [1.54, 1.807) is 11.1 Å². The molecule has 1 spiro atoms. The van der Waals surface area contributed by atoms with Gasteiger partial charge in [-0.1, -0.05) is 57.4 Å². The lowest BCUT2D eigenvalue weighted by Crippen LogP contribution is -2.60. The van der Waals surface area contributed by atoms with Crippen LogP contribution in [0.15, 0.2) is 24.3 Å². The molecular formula is C27H43N3. The number of hydrogen-bond acceptors (Lipinski definition) is 3. The number of piperidine rings is 1. The van der Waals surface area contributed by atoms with E-state index >= 15 is 0 Å². The molecular weight excluding hydrogens is 366 g/mol. The molecule has 0 radical (unpaired) electrons. The Bertz CT molecular complexity index is 694. The lowest BCUT2D eigenvalue weighted by molar-refractivity contribution is -0.0715. The molecule has 2 heterocycles. The quantitative estimate of drug-likeness (QED) is 0.725. The fourth-order valence-electron chi connectivity index (χ4n) is 7.19. The molecule has 1 atom stereocenters. The third-order valence-electron chi connectivity index (χ3n) is 8.99. The van der Waals surface area contributed by atoms with Crippen LogP contribution in [-0.2, 0) is 0 Å². The van der Waals surface area contributed by atoms with E-state index in [0.717, 1.165) is 12.1 Å². The van der Waals surface area contributed by atoms with Gasteiger partial charge in [0.15, 0.2) is 0 Å². The zero-order valence-corrected chi connectivity index (χ0v) is 19.4. The predicted molar refractivity (Wildman–Crippen MR) is 126 cm³/mol. The fourth-order valence-corrected chi connectivity index (χ4v) is 7.19. The summed E-state index contributed by atoms with van der Waals surface area (Å²) in [6.45, 7) is 11.0. The molecule has 1 aromatic rings. The van der Waals surface area contributed by atoms with E-state index in [-0.39, 0.29) is 0 Å². The van der Waals surface area contributed by atoms with Crippen molar-refractivity contribution in [1.82, 2.24) is 15.1 Å². The average molecular weight is 410 g/mol. The predicted octanol–water partition coefficient (Wildman–Crippen LogP) is 5.33. The molecule has 2 aliphatic heterocycles. The highest BCUT2D eigenvalue weighted by atomic mass is 15.3. The van der Waals surface area contributed by atoms with Crippen LogP contribution in [0.1, 0.15) is 94.7 Å². The summed E-state index contributed by atoms with van der Waals surface area (Å²) in [6, 6.07) is 11.6. The van der Waals surface area contributed by atoms with Gasteiger partial charge >= 0.3 is 0 Å². The average Bonchev–Trinajstić information content (AvgIpc) is 2.78. The van der Waals surface area contributed by atoms with E-state index in [1.807, 2.05) is 0 Å². The van der Waals surface area contributed by atoms with Gasteiger partial charge in [-0.25, -0.2) is 0 Å². The summed E-state index contributed by atoms with van der Waals surface area (Å²) in [5.41, 5.74) is 3.87. The van der Waals surface area contributed by atoms with Gasteiger partial charge in [0.05, 0.1) is 0 Å². The maximum Gasteiger partial charge on any atom is 0.0481 e. The number of hydrogen-bond donors (Lipinski definition) is 1. The van der Waals surface area contributed by atoms with E-state index in [2.05, 4.69) is 53.2 Å². The van der Waals surface area contributed by atoms with Crippen molar-refractivity contribution in [3.05, 3.63) is 35.4 Å². The highest BCUT2D eigenvalue weighted by molar-refractivity contribution is 5.33. The molecule has 166 valence electrons.